The van der Waals surface area contributed by atoms with Gasteiger partial charge in [-0.2, -0.15) is 71.0 Å². The molecule has 49 heteroatoms. The van der Waals surface area contributed by atoms with Gasteiger partial charge in [-0.15, -0.1) is 15.3 Å². The lowest BCUT2D eigenvalue weighted by Gasteiger charge is -2.37. The van der Waals surface area contributed by atoms with Crippen molar-refractivity contribution in [3.8, 4) is 34.2 Å². The normalized spacial score (nSPS) is 15.5. The molecular weight excluding hydrogens is 1870 g/mol. The molecule has 0 atom stereocenters. The van der Waals surface area contributed by atoms with Crippen molar-refractivity contribution in [2.75, 3.05) is 39.4 Å². The van der Waals surface area contributed by atoms with Crippen molar-refractivity contribution in [3.63, 3.8) is 0 Å². The fourth-order valence-electron chi connectivity index (χ4n) is 9.95. The van der Waals surface area contributed by atoms with Crippen LogP contribution in [0.4, 0.5) is 83.4 Å². The number of pyridine rings is 5. The number of rotatable bonds is 17. The Morgan fingerprint density at radius 3 is 1.30 bits per heavy atom. The third-order valence-corrected chi connectivity index (χ3v) is 20.9. The lowest BCUT2D eigenvalue weighted by molar-refractivity contribution is -0.160. The van der Waals surface area contributed by atoms with Crippen LogP contribution in [0, 0.1) is 34.6 Å². The van der Waals surface area contributed by atoms with Crippen molar-refractivity contribution in [3.05, 3.63) is 170 Å². The number of nitrogens with zero attached hydrogens (tertiary/aromatic N) is 18. The third kappa shape index (κ3) is 33.5. The van der Waals surface area contributed by atoms with Gasteiger partial charge in [0.2, 0.25) is 16.5 Å². The zero-order chi connectivity index (χ0) is 91.7. The van der Waals surface area contributed by atoms with Crippen molar-refractivity contribution in [2.24, 2.45) is 0 Å². The third-order valence-electron chi connectivity index (χ3n) is 16.8. The van der Waals surface area contributed by atoms with Gasteiger partial charge >= 0.3 is 38.0 Å². The molecule has 0 aromatic carbocycles. The quantitative estimate of drug-likeness (QED) is 0.0291. The predicted molar refractivity (Wildman–Crippen MR) is 426 cm³/mol. The average molecular weight is 1960 g/mol. The number of ether oxygens (including phenoxy) is 2. The van der Waals surface area contributed by atoms with Crippen LogP contribution in [0.5, 0.6) is 0 Å². The summed E-state index contributed by atoms with van der Waals surface area (Å²) >= 11 is 5.05. The molecule has 3 aliphatic rings. The molecular formula is C73H85BBrF19IN19O6Si2. The Kier molecular flexibility index (Phi) is 34.7. The maximum absolute atomic E-state index is 12.8. The smallest absolute Gasteiger partial charge is 0.399 e. The molecule has 0 saturated carbocycles. The van der Waals surface area contributed by atoms with Gasteiger partial charge in [0.25, 0.3) is 11.8 Å². The largest absolute Gasteiger partial charge is 0.494 e. The minimum atomic E-state index is -4.60. The van der Waals surface area contributed by atoms with Crippen LogP contribution in [-0.2, 0) is 72.7 Å². The summed E-state index contributed by atoms with van der Waals surface area (Å²) in [5, 5.41) is 18.3. The standard InChI is InChI=1S/C15H12F5N5O.C15H21F3N4OSi.C13H17BF3NO2.C9H7F3N4.C8H16BrN3OSi.C7H6F3N.C6H6F2INO/c1-9-4-10(5-11(22-9)15(18,19)20)13-21-8-25(23-13)3-2-12(26)24-6-14(16,17)7-24;1-11-7-12(8-13(20-11)15(16,17)18)14-19-9-22(21-14)10-23-5-6-24(2,3)4;1-8-6-9(7-10(18-8)13(15,16)17)14-19-11(2,3)12(4,5)20-14;1-5-2-6(8-13-4-14-16-8)3-7(15-5)9(10,11)12;1-14(2,3)5-4-13-7-12-6-10-8(9)11-12;1-5-3-2-4-6(11-5)7(8,9)10;7-6(8)3-10(4-6)5(11)1-2-9/h2-5,8H,6-7H2,1H3;7-9H,5-6,10H2,1-4H3;6-7H,1-5H3;2-4H,1H3,(H,13,14,16);6H,4-5,7H2,1-3H3;2-4H,1H3;1-2H,3-4H2/b3-2-;;;;;;2-1-. The lowest BCUT2D eigenvalue weighted by atomic mass is 9.79. The summed E-state index contributed by atoms with van der Waals surface area (Å²) in [6, 6.07) is 15.7. The van der Waals surface area contributed by atoms with Crippen LogP contribution in [-0.4, -0.2) is 192 Å². The second-order valence-electron chi connectivity index (χ2n) is 30.8. The zero-order valence-corrected chi connectivity index (χ0v) is 73.8. The van der Waals surface area contributed by atoms with Gasteiger partial charge in [-0.3, -0.25) is 14.7 Å². The van der Waals surface area contributed by atoms with E-state index in [0.29, 0.717) is 34.8 Å². The number of amides is 2. The van der Waals surface area contributed by atoms with Crippen LogP contribution in [0.2, 0.25) is 51.4 Å². The van der Waals surface area contributed by atoms with Crippen molar-refractivity contribution in [2.45, 2.75) is 181 Å². The van der Waals surface area contributed by atoms with Gasteiger partial charge in [0.1, 0.15) is 67.2 Å². The predicted octanol–water partition coefficient (Wildman–Crippen LogP) is 17.7. The molecule has 3 fully saturated rings. The number of carbonyl (C=O) groups is 2. The van der Waals surface area contributed by atoms with Gasteiger partial charge in [-0.25, -0.2) is 76.5 Å². The Morgan fingerprint density at radius 2 is 0.910 bits per heavy atom. The van der Waals surface area contributed by atoms with Gasteiger partial charge in [-0.1, -0.05) is 67.9 Å². The van der Waals surface area contributed by atoms with Crippen LogP contribution < -0.4 is 5.46 Å². The number of halogens is 21. The molecule has 12 heterocycles. The summed E-state index contributed by atoms with van der Waals surface area (Å²) in [4.78, 5) is 57.4. The van der Waals surface area contributed by atoms with Crippen LogP contribution in [0.15, 0.2) is 113 Å². The fourth-order valence-corrected chi connectivity index (χ4v) is 12.1. The minimum absolute atomic E-state index is 0.00795. The monoisotopic (exact) mass is 1960 g/mol. The highest BCUT2D eigenvalue weighted by atomic mass is 127. The molecule has 0 unspecified atom stereocenters. The second kappa shape index (κ2) is 41.6. The number of hydrogen-bond donors (Lipinski definition) is 1. The van der Waals surface area contributed by atoms with E-state index in [4.69, 9.17) is 18.8 Å². The van der Waals surface area contributed by atoms with Crippen LogP contribution in [0.25, 0.3) is 40.4 Å². The van der Waals surface area contributed by atoms with E-state index in [1.54, 1.807) is 17.1 Å². The Labute approximate surface area is 712 Å². The molecule has 0 bridgehead atoms. The number of carbonyl (C=O) groups excluding carboxylic acids is 2. The maximum atomic E-state index is 12.8. The highest BCUT2D eigenvalue weighted by Crippen LogP contribution is 2.39. The topological polar surface area (TPSA) is 276 Å². The van der Waals surface area contributed by atoms with E-state index in [2.05, 4.69) is 126 Å². The van der Waals surface area contributed by atoms with E-state index in [1.807, 2.05) is 50.3 Å². The SMILES string of the molecule is C[Si](C)(C)CCOCn1cnc(Br)n1.Cc1cc(-c2ncn(/C=C\C(=O)N3CC(F)(F)C3)n2)cc(C(F)(F)F)n1.Cc1cc(-c2ncn(COCC[Si](C)(C)C)n2)cc(C(F)(F)F)n1.Cc1cc(-c2ncn[nH]2)cc(C(F)(F)F)n1.Cc1cc(B2OC(C)(C)C(C)(C)O2)cc(C(F)(F)F)n1.Cc1cccc(C(F)(F)F)n1.O=C(/C=C\I)N1CC(F)(F)C1. The number of likely N-dealkylation sites (tertiary alicyclic amines) is 2. The van der Waals surface area contributed by atoms with Crippen molar-refractivity contribution in [1.82, 2.24) is 94.2 Å². The minimum Gasteiger partial charge on any atom is -0.399 e. The van der Waals surface area contributed by atoms with E-state index in [0.717, 1.165) is 63.5 Å². The molecule has 3 saturated heterocycles. The first kappa shape index (κ1) is 102. The first-order valence-corrected chi connectivity index (χ1v) is 45.7. The van der Waals surface area contributed by atoms with E-state index in [1.165, 1.54) is 111 Å². The molecule has 9 aromatic rings. The molecule has 3 aliphatic heterocycles. The van der Waals surface area contributed by atoms with Gasteiger partial charge in [0.15, 0.2) is 17.5 Å². The summed E-state index contributed by atoms with van der Waals surface area (Å²) in [6.45, 7) is 28.7. The van der Waals surface area contributed by atoms with E-state index in [-0.39, 0.29) is 64.0 Å². The molecule has 1 N–H and O–H groups in total. The summed E-state index contributed by atoms with van der Waals surface area (Å²) in [7, 11) is -2.94. The van der Waals surface area contributed by atoms with Gasteiger partial charge in [0, 0.05) is 92.9 Å². The maximum Gasteiger partial charge on any atom is 0.494 e. The molecule has 25 nitrogen and oxygen atoms in total. The van der Waals surface area contributed by atoms with Crippen LogP contribution in [0.1, 0.15) is 84.6 Å². The molecule has 0 aliphatic carbocycles. The summed E-state index contributed by atoms with van der Waals surface area (Å²) in [6.07, 6.45) is -13.3. The van der Waals surface area contributed by atoms with Gasteiger partial charge < -0.3 is 28.6 Å². The number of H-pyrrole nitrogens is 1. The number of hydrogen-bond acceptors (Lipinski definition) is 19. The fraction of sp³-hybridized carbons (Fsp3) is 0.466. The van der Waals surface area contributed by atoms with Crippen LogP contribution in [0.3, 0.4) is 0 Å². The lowest BCUT2D eigenvalue weighted by Crippen LogP contribution is -2.58. The Bertz CT molecular complexity index is 4970. The van der Waals surface area contributed by atoms with Crippen molar-refractivity contribution < 1.29 is 112 Å². The van der Waals surface area contributed by atoms with Gasteiger partial charge in [0.05, 0.1) is 37.4 Å². The average Bonchev–Trinajstić information content (AvgIpc) is 1.62. The van der Waals surface area contributed by atoms with Gasteiger partial charge in [-0.05, 0) is 161 Å². The van der Waals surface area contributed by atoms with E-state index < -0.39 is 138 Å². The molecule has 2 amide bonds. The summed E-state index contributed by atoms with van der Waals surface area (Å²) in [5.74, 6) is -5.96. The number of aryl methyl sites for hydroxylation is 5. The Morgan fingerprint density at radius 1 is 0.516 bits per heavy atom. The summed E-state index contributed by atoms with van der Waals surface area (Å²) in [5.41, 5.74) is -3.47. The van der Waals surface area contributed by atoms with Crippen LogP contribution >= 0.6 is 38.5 Å². The van der Waals surface area contributed by atoms with Crippen molar-refractivity contribution in [1.29, 1.82) is 0 Å². The first-order valence-electron chi connectivity index (χ1n) is 36.3. The number of aromatic nitrogens is 17. The van der Waals surface area contributed by atoms with E-state index in [9.17, 15) is 93.0 Å². The number of aromatic amines is 1. The molecule has 12 rings (SSSR count). The zero-order valence-electron chi connectivity index (χ0n) is 68.1. The molecule has 9 aromatic heterocycles. The highest BCUT2D eigenvalue weighted by Gasteiger charge is 2.53. The Balaban J connectivity index is 0.000000225. The molecule has 0 spiro atoms. The number of alkyl halides is 19. The van der Waals surface area contributed by atoms with Crippen molar-refractivity contribution >= 4 is 85.3 Å². The van der Waals surface area contributed by atoms with E-state index >= 15 is 0 Å². The molecule has 122 heavy (non-hydrogen) atoms. The summed E-state index contributed by atoms with van der Waals surface area (Å²) < 4.78 is 267. The molecule has 0 radical (unpaired) electrons. The second-order valence-corrected chi connectivity index (χ2v) is 43.4. The molecule has 666 valence electrons. The first-order chi connectivity index (χ1) is 56.0. The Hall–Kier alpha value is -9.05. The number of nitrogens with one attached hydrogen (secondary N) is 1. The highest BCUT2D eigenvalue weighted by molar-refractivity contribution is 14.1.